The van der Waals surface area contributed by atoms with Crippen LogP contribution in [0.2, 0.25) is 0 Å². The molecule has 8 heteroatoms. The summed E-state index contributed by atoms with van der Waals surface area (Å²) in [5.41, 5.74) is 2.30. The number of amides is 1. The van der Waals surface area contributed by atoms with Crippen molar-refractivity contribution < 1.29 is 34.0 Å². The van der Waals surface area contributed by atoms with Crippen molar-refractivity contribution in [1.29, 1.82) is 0 Å². The van der Waals surface area contributed by atoms with Crippen LogP contribution in [-0.2, 0) is 9.47 Å². The van der Waals surface area contributed by atoms with Crippen LogP contribution in [0.5, 0.6) is 11.5 Å². The van der Waals surface area contributed by atoms with Crippen LogP contribution in [0.4, 0.5) is 0 Å². The molecule has 8 nitrogen and oxygen atoms in total. The molecule has 31 heavy (non-hydrogen) atoms. The first-order valence-corrected chi connectivity index (χ1v) is 9.79. The molecule has 0 aromatic heterocycles. The lowest BCUT2D eigenvalue weighted by Crippen LogP contribution is -2.35. The molecule has 2 rings (SSSR count). The lowest BCUT2D eigenvalue weighted by Gasteiger charge is -2.20. The maximum Gasteiger partial charge on any atom is 0.254 e. The summed E-state index contributed by atoms with van der Waals surface area (Å²) in [6.45, 7) is 0.250. The second-order valence-corrected chi connectivity index (χ2v) is 6.50. The van der Waals surface area contributed by atoms with E-state index in [0.717, 1.165) is 11.1 Å². The molecule has 168 valence electrons. The fourth-order valence-electron chi connectivity index (χ4n) is 2.77. The van der Waals surface area contributed by atoms with E-state index in [2.05, 4.69) is 0 Å². The van der Waals surface area contributed by atoms with Gasteiger partial charge in [0.05, 0.1) is 13.2 Å². The molecule has 1 amide bonds. The Morgan fingerprint density at radius 3 is 1.97 bits per heavy atom. The molecular formula is C23H29NO7. The van der Waals surface area contributed by atoms with Crippen molar-refractivity contribution >= 4 is 18.1 Å². The zero-order valence-electron chi connectivity index (χ0n) is 17.8. The Morgan fingerprint density at radius 2 is 1.39 bits per heavy atom. The van der Waals surface area contributed by atoms with Crippen LogP contribution in [0.1, 0.15) is 21.5 Å². The van der Waals surface area contributed by atoms with Gasteiger partial charge in [0.1, 0.15) is 0 Å². The second kappa shape index (κ2) is 13.4. The van der Waals surface area contributed by atoms with Crippen LogP contribution < -0.4 is 9.47 Å². The number of methoxy groups -OCH3 is 2. The average Bonchev–Trinajstić information content (AvgIpc) is 2.80. The largest absolute Gasteiger partial charge is 0.464 e. The number of nitrogens with zero attached hydrogens (tertiary/aromatic N) is 1. The Balaban J connectivity index is 2.11. The molecule has 0 bridgehead atoms. The number of benzene rings is 2. The molecule has 0 aliphatic carbocycles. The van der Waals surface area contributed by atoms with E-state index >= 15 is 0 Å². The topological polar surface area (TPSA) is 97.7 Å². The summed E-state index contributed by atoms with van der Waals surface area (Å²) in [6.07, 6.45) is 3.83. The predicted molar refractivity (Wildman–Crippen MR) is 117 cm³/mol. The predicted octanol–water partition coefficient (Wildman–Crippen LogP) is 2.25. The zero-order chi connectivity index (χ0) is 22.5. The molecule has 2 aromatic carbocycles. The van der Waals surface area contributed by atoms with Crippen LogP contribution in [0, 0.1) is 0 Å². The lowest BCUT2D eigenvalue weighted by molar-refractivity contribution is 0.0322. The van der Waals surface area contributed by atoms with Gasteiger partial charge in [-0.3, -0.25) is 4.79 Å². The number of hydrogen-bond donors (Lipinski definition) is 2. The first kappa shape index (κ1) is 24.4. The van der Waals surface area contributed by atoms with Gasteiger partial charge < -0.3 is 34.1 Å². The molecule has 0 saturated heterocycles. The molecule has 0 saturated carbocycles. The average molecular weight is 431 g/mol. The van der Waals surface area contributed by atoms with Crippen molar-refractivity contribution in [2.24, 2.45) is 0 Å². The van der Waals surface area contributed by atoms with Crippen LogP contribution in [0.3, 0.4) is 0 Å². The fourth-order valence-corrected chi connectivity index (χ4v) is 2.77. The SMILES string of the molecule is COCOc1ccc(C=Cc2ccc(C(=O)N(CCO)CCO)cc2)cc1OCOC. The van der Waals surface area contributed by atoms with E-state index in [1.807, 2.05) is 36.4 Å². The molecule has 2 aromatic rings. The molecule has 0 fully saturated rings. The molecule has 0 aliphatic rings. The fraction of sp³-hybridized carbons (Fsp3) is 0.348. The third-order valence-electron chi connectivity index (χ3n) is 4.29. The number of aliphatic hydroxyl groups is 2. The summed E-state index contributed by atoms with van der Waals surface area (Å²) in [5.74, 6) is 0.856. The highest BCUT2D eigenvalue weighted by atomic mass is 16.7. The van der Waals surface area contributed by atoms with Gasteiger partial charge in [-0.25, -0.2) is 0 Å². The van der Waals surface area contributed by atoms with Gasteiger partial charge in [-0.05, 0) is 35.4 Å². The van der Waals surface area contributed by atoms with Gasteiger partial charge in [-0.2, -0.15) is 0 Å². The van der Waals surface area contributed by atoms with Crippen molar-refractivity contribution in [3.05, 3.63) is 59.2 Å². The molecule has 0 spiro atoms. The van der Waals surface area contributed by atoms with E-state index in [-0.39, 0.29) is 45.8 Å². The third-order valence-corrected chi connectivity index (χ3v) is 4.29. The molecule has 2 N–H and O–H groups in total. The number of carbonyl (C=O) groups is 1. The number of carbonyl (C=O) groups excluding carboxylic acids is 1. The molecule has 0 atom stereocenters. The summed E-state index contributed by atoms with van der Waals surface area (Å²) in [4.78, 5) is 13.9. The Hall–Kier alpha value is -2.91. The number of rotatable bonds is 13. The standard InChI is InChI=1S/C23H29NO7/c1-28-16-30-21-10-7-19(15-22(21)31-17-29-2)4-3-18-5-8-20(9-6-18)23(27)24(11-13-25)12-14-26/h3-10,15,25-26H,11-14,16-17H2,1-2H3. The van der Waals surface area contributed by atoms with Gasteiger partial charge in [-0.1, -0.05) is 30.4 Å². The van der Waals surface area contributed by atoms with Gasteiger partial charge in [0, 0.05) is 32.9 Å². The zero-order valence-corrected chi connectivity index (χ0v) is 17.8. The first-order valence-electron chi connectivity index (χ1n) is 9.79. The van der Waals surface area contributed by atoms with Crippen LogP contribution in [-0.4, -0.2) is 75.1 Å². The van der Waals surface area contributed by atoms with Gasteiger partial charge in [0.25, 0.3) is 5.91 Å². The monoisotopic (exact) mass is 431 g/mol. The summed E-state index contributed by atoms with van der Waals surface area (Å²) in [7, 11) is 3.09. The van der Waals surface area contributed by atoms with Gasteiger partial charge >= 0.3 is 0 Å². The van der Waals surface area contributed by atoms with Gasteiger partial charge in [0.15, 0.2) is 25.1 Å². The minimum Gasteiger partial charge on any atom is -0.464 e. The van der Waals surface area contributed by atoms with Crippen LogP contribution in [0.25, 0.3) is 12.2 Å². The lowest BCUT2D eigenvalue weighted by atomic mass is 10.1. The minimum absolute atomic E-state index is 0.0928. The second-order valence-electron chi connectivity index (χ2n) is 6.50. The van der Waals surface area contributed by atoms with Crippen molar-refractivity contribution in [3.63, 3.8) is 0 Å². The Morgan fingerprint density at radius 1 is 0.839 bits per heavy atom. The van der Waals surface area contributed by atoms with Crippen molar-refractivity contribution in [2.45, 2.75) is 0 Å². The van der Waals surface area contributed by atoms with Crippen molar-refractivity contribution in [3.8, 4) is 11.5 Å². The summed E-state index contributed by atoms with van der Waals surface area (Å²) >= 11 is 0. The molecule has 0 heterocycles. The Bertz CT molecular complexity index is 830. The maximum atomic E-state index is 12.5. The molecule has 0 radical (unpaired) electrons. The smallest absolute Gasteiger partial charge is 0.254 e. The first-order chi connectivity index (χ1) is 15.1. The molecular weight excluding hydrogens is 402 g/mol. The number of aliphatic hydroxyl groups excluding tert-OH is 2. The minimum atomic E-state index is -0.231. The molecule has 0 aliphatic heterocycles. The summed E-state index contributed by atoms with van der Waals surface area (Å²) < 4.78 is 21.0. The Kier molecular flexibility index (Phi) is 10.5. The van der Waals surface area contributed by atoms with E-state index in [9.17, 15) is 4.79 Å². The maximum absolute atomic E-state index is 12.5. The Labute approximate surface area is 182 Å². The number of hydrogen-bond acceptors (Lipinski definition) is 7. The molecule has 0 unspecified atom stereocenters. The highest BCUT2D eigenvalue weighted by molar-refractivity contribution is 5.94. The van der Waals surface area contributed by atoms with E-state index in [1.165, 1.54) is 4.90 Å². The van der Waals surface area contributed by atoms with Crippen molar-refractivity contribution in [1.82, 2.24) is 4.90 Å². The quantitative estimate of drug-likeness (QED) is 0.371. The number of ether oxygens (including phenoxy) is 4. The van der Waals surface area contributed by atoms with Crippen molar-refractivity contribution in [2.75, 3.05) is 54.1 Å². The highest BCUT2D eigenvalue weighted by Crippen LogP contribution is 2.29. The van der Waals surface area contributed by atoms with Crippen LogP contribution in [0.15, 0.2) is 42.5 Å². The van der Waals surface area contributed by atoms with Gasteiger partial charge in [-0.15, -0.1) is 0 Å². The highest BCUT2D eigenvalue weighted by Gasteiger charge is 2.14. The van der Waals surface area contributed by atoms with Crippen LogP contribution >= 0.6 is 0 Å². The van der Waals surface area contributed by atoms with E-state index in [1.54, 1.807) is 32.4 Å². The summed E-state index contributed by atoms with van der Waals surface area (Å²) in [5, 5.41) is 18.2. The third kappa shape index (κ3) is 7.69. The van der Waals surface area contributed by atoms with E-state index in [0.29, 0.717) is 17.1 Å². The van der Waals surface area contributed by atoms with E-state index in [4.69, 9.17) is 29.2 Å². The normalized spacial score (nSPS) is 11.0. The van der Waals surface area contributed by atoms with Gasteiger partial charge in [0.2, 0.25) is 0 Å². The summed E-state index contributed by atoms with van der Waals surface area (Å²) in [6, 6.07) is 12.6. The van der Waals surface area contributed by atoms with E-state index < -0.39 is 0 Å².